The Kier molecular flexibility index (Phi) is 4.83. The van der Waals surface area contributed by atoms with E-state index < -0.39 is 11.9 Å². The summed E-state index contributed by atoms with van der Waals surface area (Å²) < 4.78 is 16.9. The number of halogens is 1. The van der Waals surface area contributed by atoms with Crippen LogP contribution >= 0.6 is 0 Å². The molecule has 4 rings (SSSR count). The fourth-order valence-electron chi connectivity index (χ4n) is 3.32. The van der Waals surface area contributed by atoms with Gasteiger partial charge < -0.3 is 5.32 Å². The van der Waals surface area contributed by atoms with Crippen molar-refractivity contribution in [3.63, 3.8) is 0 Å². The highest BCUT2D eigenvalue weighted by Gasteiger charge is 2.31. The van der Waals surface area contributed by atoms with Crippen LogP contribution in [0.25, 0.3) is 0 Å². The first-order chi connectivity index (χ1) is 13.9. The summed E-state index contributed by atoms with van der Waals surface area (Å²) >= 11 is 0. The van der Waals surface area contributed by atoms with E-state index in [0.29, 0.717) is 24.3 Å². The molecule has 0 spiro atoms. The predicted octanol–water partition coefficient (Wildman–Crippen LogP) is 1.14. The molecule has 0 unspecified atom stereocenters. The number of carbonyl (C=O) groups is 2. The second-order valence-corrected chi connectivity index (χ2v) is 6.94. The first kappa shape index (κ1) is 18.8. The molecule has 0 radical (unpaired) electrons. The molecule has 0 saturated carbocycles. The van der Waals surface area contributed by atoms with Gasteiger partial charge >= 0.3 is 0 Å². The average Bonchev–Trinajstić information content (AvgIpc) is 3.30. The van der Waals surface area contributed by atoms with Gasteiger partial charge in [0, 0.05) is 25.2 Å². The summed E-state index contributed by atoms with van der Waals surface area (Å²) in [7, 11) is 1.65. The summed E-state index contributed by atoms with van der Waals surface area (Å²) in [6, 6.07) is 7.44. The Morgan fingerprint density at radius 3 is 2.90 bits per heavy atom. The molecule has 0 fully saturated rings. The van der Waals surface area contributed by atoms with Crippen LogP contribution in [0.15, 0.2) is 36.7 Å². The molecule has 29 heavy (non-hydrogen) atoms. The zero-order valence-electron chi connectivity index (χ0n) is 16.0. The van der Waals surface area contributed by atoms with Crippen LogP contribution < -0.4 is 10.2 Å². The quantitative estimate of drug-likeness (QED) is 0.712. The third kappa shape index (κ3) is 3.73. The van der Waals surface area contributed by atoms with Crippen molar-refractivity contribution in [2.45, 2.75) is 32.5 Å². The largest absolute Gasteiger partial charge is 0.337 e. The zero-order valence-corrected chi connectivity index (χ0v) is 16.0. The van der Waals surface area contributed by atoms with Gasteiger partial charge in [-0.25, -0.2) is 18.7 Å². The number of carbonyl (C=O) groups excluding carboxylic acids is 2. The molecule has 2 aromatic heterocycles. The molecule has 1 aliphatic heterocycles. The van der Waals surface area contributed by atoms with Crippen LogP contribution in [-0.4, -0.2) is 49.4 Å². The maximum absolute atomic E-state index is 13.8. The number of likely N-dealkylation sites (N-methyl/N-ethyl adjacent to an activating group) is 1. The van der Waals surface area contributed by atoms with E-state index >= 15 is 0 Å². The van der Waals surface area contributed by atoms with Crippen LogP contribution in [0.2, 0.25) is 0 Å². The predicted molar refractivity (Wildman–Crippen MR) is 102 cm³/mol. The maximum Gasteiger partial charge on any atom is 0.291 e. The number of fused-ring (bicyclic) bond motifs is 1. The molecule has 1 atom stereocenters. The van der Waals surface area contributed by atoms with Gasteiger partial charge in [0.05, 0.1) is 12.2 Å². The summed E-state index contributed by atoms with van der Waals surface area (Å²) in [5, 5.41) is 11.2. The Morgan fingerprint density at radius 2 is 2.10 bits per heavy atom. The average molecular weight is 397 g/mol. The van der Waals surface area contributed by atoms with Crippen molar-refractivity contribution in [3.8, 4) is 0 Å². The van der Waals surface area contributed by atoms with Crippen LogP contribution in [0, 0.1) is 12.7 Å². The van der Waals surface area contributed by atoms with E-state index in [-0.39, 0.29) is 24.1 Å². The normalized spacial score (nSPS) is 16.4. The number of benzene rings is 1. The van der Waals surface area contributed by atoms with Gasteiger partial charge in [-0.15, -0.1) is 5.10 Å². The third-order valence-corrected chi connectivity index (χ3v) is 4.82. The number of nitrogens with one attached hydrogen (secondary N) is 1. The number of rotatable bonds is 4. The SMILES string of the molecule is Cc1cc2n(n1)CC[C@H](NC(=O)c1ncn(Cc3ccccc3F)n1)C(=O)N2C. The summed E-state index contributed by atoms with van der Waals surface area (Å²) in [5.74, 6) is -0.525. The van der Waals surface area contributed by atoms with Gasteiger partial charge in [0.15, 0.2) is 0 Å². The van der Waals surface area contributed by atoms with E-state index in [0.717, 1.165) is 5.69 Å². The van der Waals surface area contributed by atoms with E-state index in [2.05, 4.69) is 20.5 Å². The van der Waals surface area contributed by atoms with Crippen LogP contribution in [0.4, 0.5) is 10.2 Å². The van der Waals surface area contributed by atoms with Crippen molar-refractivity contribution >= 4 is 17.6 Å². The van der Waals surface area contributed by atoms with Gasteiger partial charge in [0.1, 0.15) is 24.0 Å². The Balaban J connectivity index is 1.44. The van der Waals surface area contributed by atoms with Crippen LogP contribution in [0.5, 0.6) is 0 Å². The van der Waals surface area contributed by atoms with Crippen LogP contribution in [-0.2, 0) is 17.9 Å². The van der Waals surface area contributed by atoms with Crippen molar-refractivity contribution < 1.29 is 14.0 Å². The molecule has 1 aromatic carbocycles. The Morgan fingerprint density at radius 1 is 1.31 bits per heavy atom. The smallest absolute Gasteiger partial charge is 0.291 e. The van der Waals surface area contributed by atoms with Gasteiger partial charge in [-0.3, -0.25) is 14.5 Å². The molecule has 3 heterocycles. The molecule has 0 saturated heterocycles. The third-order valence-electron chi connectivity index (χ3n) is 4.82. The number of aryl methyl sites for hydroxylation is 2. The molecule has 3 aromatic rings. The van der Waals surface area contributed by atoms with Gasteiger partial charge in [-0.05, 0) is 19.4 Å². The molecular formula is C19H20FN7O2. The van der Waals surface area contributed by atoms with Gasteiger partial charge in [0.2, 0.25) is 5.82 Å². The number of anilines is 1. The first-order valence-corrected chi connectivity index (χ1v) is 9.18. The molecular weight excluding hydrogens is 377 g/mol. The maximum atomic E-state index is 13.8. The standard InChI is InChI=1S/C19H20FN7O2/c1-12-9-16-25(2)19(29)15(7-8-27(16)23-12)22-18(28)17-21-11-26(24-17)10-13-5-3-4-6-14(13)20/h3-6,9,11,15H,7-8,10H2,1-2H3,(H,22,28)/t15-/m0/s1. The van der Waals surface area contributed by atoms with E-state index in [1.807, 2.05) is 13.0 Å². The molecule has 0 aliphatic carbocycles. The molecule has 9 nitrogen and oxygen atoms in total. The lowest BCUT2D eigenvalue weighted by Gasteiger charge is -2.19. The highest BCUT2D eigenvalue weighted by atomic mass is 19.1. The fraction of sp³-hybridized carbons (Fsp3) is 0.316. The van der Waals surface area contributed by atoms with Crippen molar-refractivity contribution in [1.82, 2.24) is 29.9 Å². The second kappa shape index (κ2) is 7.46. The highest BCUT2D eigenvalue weighted by molar-refractivity contribution is 6.00. The van der Waals surface area contributed by atoms with Crippen molar-refractivity contribution in [3.05, 3.63) is 59.6 Å². The minimum Gasteiger partial charge on any atom is -0.337 e. The lowest BCUT2D eigenvalue weighted by molar-refractivity contribution is -0.120. The second-order valence-electron chi connectivity index (χ2n) is 6.94. The van der Waals surface area contributed by atoms with E-state index in [9.17, 15) is 14.0 Å². The Bertz CT molecular complexity index is 1070. The molecule has 2 amide bonds. The lowest BCUT2D eigenvalue weighted by atomic mass is 10.2. The number of hydrogen-bond acceptors (Lipinski definition) is 5. The van der Waals surface area contributed by atoms with Gasteiger partial charge in [-0.2, -0.15) is 5.10 Å². The van der Waals surface area contributed by atoms with E-state index in [1.54, 1.807) is 29.9 Å². The fourth-order valence-corrected chi connectivity index (χ4v) is 3.32. The monoisotopic (exact) mass is 397 g/mol. The van der Waals surface area contributed by atoms with Crippen molar-refractivity contribution in [2.75, 3.05) is 11.9 Å². The molecule has 1 aliphatic rings. The molecule has 150 valence electrons. The van der Waals surface area contributed by atoms with E-state index in [1.165, 1.54) is 22.0 Å². The summed E-state index contributed by atoms with van der Waals surface area (Å²) in [6.07, 6.45) is 1.76. The minimum absolute atomic E-state index is 0.0744. The summed E-state index contributed by atoms with van der Waals surface area (Å²) in [6.45, 7) is 2.51. The Labute approximate surface area is 166 Å². The van der Waals surface area contributed by atoms with Gasteiger partial charge in [0.25, 0.3) is 11.8 Å². The molecule has 0 bridgehead atoms. The summed E-state index contributed by atoms with van der Waals surface area (Å²) in [5.41, 5.74) is 1.27. The Hall–Kier alpha value is -3.56. The summed E-state index contributed by atoms with van der Waals surface area (Å²) in [4.78, 5) is 30.8. The highest BCUT2D eigenvalue weighted by Crippen LogP contribution is 2.20. The number of hydrogen-bond donors (Lipinski definition) is 1. The first-order valence-electron chi connectivity index (χ1n) is 9.18. The number of amides is 2. The van der Waals surface area contributed by atoms with Crippen LogP contribution in [0.3, 0.4) is 0 Å². The minimum atomic E-state index is -0.715. The lowest BCUT2D eigenvalue weighted by Crippen LogP contribution is -2.47. The molecule has 1 N–H and O–H groups in total. The number of nitrogens with zero attached hydrogens (tertiary/aromatic N) is 6. The van der Waals surface area contributed by atoms with E-state index in [4.69, 9.17) is 0 Å². The number of aromatic nitrogens is 5. The zero-order chi connectivity index (χ0) is 20.5. The van der Waals surface area contributed by atoms with Crippen molar-refractivity contribution in [2.24, 2.45) is 0 Å². The molecule has 10 heteroatoms. The topological polar surface area (TPSA) is 97.9 Å². The van der Waals surface area contributed by atoms with Gasteiger partial charge in [-0.1, -0.05) is 18.2 Å². The van der Waals surface area contributed by atoms with Crippen molar-refractivity contribution in [1.29, 1.82) is 0 Å². The van der Waals surface area contributed by atoms with Crippen LogP contribution in [0.1, 0.15) is 28.3 Å².